The average molecular weight is 648 g/mol. The van der Waals surface area contributed by atoms with Gasteiger partial charge in [0, 0.05) is 27.7 Å². The van der Waals surface area contributed by atoms with Crippen LogP contribution in [-0.4, -0.2) is 74.3 Å². The maximum Gasteiger partial charge on any atom is 0.425 e. The van der Waals surface area contributed by atoms with Crippen LogP contribution in [0.25, 0.3) is 11.2 Å². The molecule has 0 spiro atoms. The maximum absolute atomic E-state index is 13.8. The van der Waals surface area contributed by atoms with E-state index in [9.17, 15) is 24.0 Å². The fraction of sp³-hybridized carbons (Fsp3) is 0.290. The van der Waals surface area contributed by atoms with Crippen LogP contribution in [0.4, 0.5) is 22.1 Å². The van der Waals surface area contributed by atoms with Gasteiger partial charge in [-0.25, -0.2) is 14.7 Å². The molecule has 0 unspecified atom stereocenters. The average Bonchev–Trinajstić information content (AvgIpc) is 3.55. The van der Waals surface area contributed by atoms with Gasteiger partial charge in [0.15, 0.2) is 29.6 Å². The Morgan fingerprint density at radius 2 is 1.51 bits per heavy atom. The van der Waals surface area contributed by atoms with Crippen molar-refractivity contribution >= 4 is 58.4 Å². The minimum atomic E-state index is -2.40. The molecule has 1 aliphatic heterocycles. The van der Waals surface area contributed by atoms with E-state index in [1.807, 2.05) is 0 Å². The van der Waals surface area contributed by atoms with Crippen LogP contribution < -0.4 is 15.0 Å². The molecule has 3 heterocycles. The Morgan fingerprint density at radius 1 is 0.894 bits per heavy atom. The molecule has 244 valence electrons. The largest absolute Gasteiger partial charge is 0.463 e. The predicted molar refractivity (Wildman–Crippen MR) is 162 cm³/mol. The molecule has 4 atom stereocenters. The monoisotopic (exact) mass is 647 g/mol. The second-order valence-corrected chi connectivity index (χ2v) is 10.1. The van der Waals surface area contributed by atoms with Crippen LogP contribution in [0.1, 0.15) is 35.3 Å². The number of amides is 2. The number of hydrogen-bond acceptors (Lipinski definition) is 13. The molecule has 2 aromatic heterocycles. The molecule has 0 aliphatic carbocycles. The molecule has 47 heavy (non-hydrogen) atoms. The van der Waals surface area contributed by atoms with Crippen molar-refractivity contribution in [2.75, 3.05) is 16.8 Å². The number of rotatable bonds is 9. The molecule has 2 amide bonds. The Kier molecular flexibility index (Phi) is 9.28. The number of anilines is 3. The van der Waals surface area contributed by atoms with Gasteiger partial charge in [0.2, 0.25) is 11.9 Å². The first kappa shape index (κ1) is 31.1. The summed E-state index contributed by atoms with van der Waals surface area (Å²) in [6, 6.07) is 17.4. The summed E-state index contributed by atoms with van der Waals surface area (Å²) in [6.07, 6.45) is -6.64. The Hall–Kier alpha value is -5.90. The van der Waals surface area contributed by atoms with Gasteiger partial charge in [-0.2, -0.15) is 9.97 Å². The zero-order valence-corrected chi connectivity index (χ0v) is 25.6. The minimum Gasteiger partial charge on any atom is -0.463 e. The number of benzene rings is 2. The molecule has 0 saturated carbocycles. The zero-order valence-electron chi connectivity index (χ0n) is 26.6. The third-order valence-corrected chi connectivity index (χ3v) is 6.50. The molecule has 1 N–H and O–H groups in total. The highest BCUT2D eigenvalue weighted by Gasteiger charge is 2.51. The number of fused-ring (bicyclic) bond motifs is 1. The van der Waals surface area contributed by atoms with Gasteiger partial charge in [0.25, 0.3) is 5.88 Å². The van der Waals surface area contributed by atoms with Gasteiger partial charge in [0.05, 0.1) is 19.1 Å². The van der Waals surface area contributed by atoms with Gasteiger partial charge in [-0.05, 0) is 24.3 Å². The summed E-state index contributed by atoms with van der Waals surface area (Å²) < 4.78 is 37.9. The van der Waals surface area contributed by atoms with Crippen LogP contribution in [0.2, 0.25) is 0 Å². The van der Waals surface area contributed by atoms with E-state index < -0.39 is 61.0 Å². The van der Waals surface area contributed by atoms with Crippen molar-refractivity contribution < 1.29 is 49.0 Å². The van der Waals surface area contributed by atoms with Crippen LogP contribution in [0.15, 0.2) is 67.0 Å². The van der Waals surface area contributed by atoms with E-state index in [2.05, 4.69) is 20.3 Å². The first-order valence-corrected chi connectivity index (χ1v) is 14.2. The van der Waals surface area contributed by atoms with Crippen molar-refractivity contribution in [3.05, 3.63) is 67.0 Å². The Labute approximate surface area is 268 Å². The van der Waals surface area contributed by atoms with Gasteiger partial charge in [-0.1, -0.05) is 36.4 Å². The van der Waals surface area contributed by atoms with E-state index in [1.54, 1.807) is 60.7 Å². The number of carbonyl (C=O) groups excluding carboxylic acids is 5. The van der Waals surface area contributed by atoms with E-state index in [1.165, 1.54) is 22.7 Å². The smallest absolute Gasteiger partial charge is 0.425 e. The quantitative estimate of drug-likeness (QED) is 0.205. The molecule has 4 aromatic rings. The molecule has 2 aromatic carbocycles. The first-order chi connectivity index (χ1) is 22.9. The third kappa shape index (κ3) is 7.50. The van der Waals surface area contributed by atoms with E-state index in [4.69, 9.17) is 25.1 Å². The Balaban J connectivity index is 1.61. The summed E-state index contributed by atoms with van der Waals surface area (Å²) in [6.45, 7) is 3.93. The van der Waals surface area contributed by atoms with Crippen molar-refractivity contribution in [2.45, 2.75) is 52.2 Å². The molecule has 16 heteroatoms. The summed E-state index contributed by atoms with van der Waals surface area (Å²) in [5.74, 6) is -3.66. The lowest BCUT2D eigenvalue weighted by Gasteiger charge is -2.24. The van der Waals surface area contributed by atoms with E-state index >= 15 is 0 Å². The van der Waals surface area contributed by atoms with Crippen molar-refractivity contribution in [3.8, 4) is 5.88 Å². The number of carbonyl (C=O) groups is 5. The highest BCUT2D eigenvalue weighted by molar-refractivity contribution is 5.98. The number of imidazole rings is 1. The highest BCUT2D eigenvalue weighted by Crippen LogP contribution is 2.37. The number of nitrogens with zero attached hydrogens (tertiary/aromatic N) is 5. The predicted octanol–water partition coefficient (Wildman–Crippen LogP) is 3.45. The fourth-order valence-electron chi connectivity index (χ4n) is 4.74. The second kappa shape index (κ2) is 14.0. The SMILES string of the molecule is [2H][C@@]1(OC(C)=O)[C@@H](COC(C)=O)O[C@@H](n2cnc3c(OC(=O)N(c4ccccc4)c4ccccc4)nc(NC(C)=O)nc32)[C@@H]1OC(C)=O. The molecule has 1 saturated heterocycles. The lowest BCUT2D eigenvalue weighted by Crippen LogP contribution is -2.40. The minimum absolute atomic E-state index is 0.0878. The second-order valence-electron chi connectivity index (χ2n) is 10.1. The first-order valence-electron chi connectivity index (χ1n) is 14.7. The van der Waals surface area contributed by atoms with Gasteiger partial charge in [0.1, 0.15) is 12.7 Å². The van der Waals surface area contributed by atoms with Gasteiger partial charge in [-0.15, -0.1) is 0 Å². The normalized spacial score (nSPS) is 20.5. The molecule has 5 rings (SSSR count). The molecular formula is C31H30N6O10. The number of para-hydroxylation sites is 2. The summed E-state index contributed by atoms with van der Waals surface area (Å²) >= 11 is 0. The number of aromatic nitrogens is 4. The summed E-state index contributed by atoms with van der Waals surface area (Å²) in [4.78, 5) is 76.0. The van der Waals surface area contributed by atoms with Crippen molar-refractivity contribution in [2.24, 2.45) is 0 Å². The van der Waals surface area contributed by atoms with E-state index in [0.29, 0.717) is 11.4 Å². The Bertz CT molecular complexity index is 1820. The molecule has 1 fully saturated rings. The van der Waals surface area contributed by atoms with Crippen molar-refractivity contribution in [3.63, 3.8) is 0 Å². The van der Waals surface area contributed by atoms with Crippen molar-refractivity contribution in [1.82, 2.24) is 19.5 Å². The van der Waals surface area contributed by atoms with Crippen LogP contribution in [-0.2, 0) is 38.1 Å². The Morgan fingerprint density at radius 3 is 2.06 bits per heavy atom. The molecule has 1 aliphatic rings. The molecular weight excluding hydrogens is 616 g/mol. The van der Waals surface area contributed by atoms with Crippen LogP contribution in [0.3, 0.4) is 0 Å². The zero-order chi connectivity index (χ0) is 34.6. The molecule has 0 bridgehead atoms. The molecule has 0 radical (unpaired) electrons. The van der Waals surface area contributed by atoms with Crippen molar-refractivity contribution in [1.29, 1.82) is 0 Å². The lowest BCUT2D eigenvalue weighted by molar-refractivity contribution is -0.166. The summed E-state index contributed by atoms with van der Waals surface area (Å²) in [7, 11) is 0. The molecule has 16 nitrogen and oxygen atoms in total. The van der Waals surface area contributed by atoms with Gasteiger partial charge in [-0.3, -0.25) is 29.1 Å². The highest BCUT2D eigenvalue weighted by atomic mass is 16.7. The van der Waals surface area contributed by atoms with Crippen LogP contribution in [0.5, 0.6) is 5.88 Å². The number of hydrogen-bond donors (Lipinski definition) is 1. The number of ether oxygens (including phenoxy) is 5. The topological polar surface area (TPSA) is 190 Å². The third-order valence-electron chi connectivity index (χ3n) is 6.50. The number of esters is 3. The number of nitrogens with one attached hydrogen (secondary N) is 1. The maximum atomic E-state index is 13.8. The van der Waals surface area contributed by atoms with E-state index in [-0.39, 0.29) is 23.0 Å². The lowest BCUT2D eigenvalue weighted by atomic mass is 10.1. The van der Waals surface area contributed by atoms with Gasteiger partial charge >= 0.3 is 24.0 Å². The summed E-state index contributed by atoms with van der Waals surface area (Å²) in [5.41, 5.74) is 0.774. The van der Waals surface area contributed by atoms with Crippen LogP contribution in [0, 0.1) is 0 Å². The fourth-order valence-corrected chi connectivity index (χ4v) is 4.74. The van der Waals surface area contributed by atoms with E-state index in [0.717, 1.165) is 20.8 Å². The van der Waals surface area contributed by atoms with Gasteiger partial charge < -0.3 is 23.7 Å². The standard InChI is InChI=1S/C31H30N6O10/c1-17(38)33-30-34-27-24(28(35-30)47-31(42)37(21-11-7-5-8-12-21)22-13-9-6-10-14-22)32-16-36(27)29-26(45-20(4)41)25(44-19(3)40)23(46-29)15-43-18(2)39/h5-14,16,23,25-26,29H,15H2,1-4H3,(H,33,34,35,38)/t23-,25-,26-,29-/m1/s1/i25D. The summed E-state index contributed by atoms with van der Waals surface area (Å²) in [5, 5.41) is 2.44. The van der Waals surface area contributed by atoms with Crippen LogP contribution >= 0.6 is 0 Å².